The molecule has 6 heteroatoms. The lowest BCUT2D eigenvalue weighted by molar-refractivity contribution is 0.0871. The maximum Gasteiger partial charge on any atom is 0.272 e. The molecule has 0 aromatic heterocycles. The van der Waals surface area contributed by atoms with Crippen LogP contribution in [0.4, 0.5) is 17.6 Å². The molecule has 1 aliphatic rings. The van der Waals surface area contributed by atoms with Crippen LogP contribution in [0.1, 0.15) is 12.0 Å². The highest BCUT2D eigenvalue weighted by Gasteiger charge is 2.71. The predicted octanol–water partition coefficient (Wildman–Crippen LogP) is 2.92. The largest absolute Gasteiger partial charge is 0.316 e. The van der Waals surface area contributed by atoms with Crippen LogP contribution in [0.5, 0.6) is 0 Å². The number of rotatable bonds is 1. The fourth-order valence-electron chi connectivity index (χ4n) is 1.55. The van der Waals surface area contributed by atoms with E-state index < -0.39 is 35.1 Å². The summed E-state index contributed by atoms with van der Waals surface area (Å²) in [5, 5.41) is 0. The highest BCUT2D eigenvalue weighted by Crippen LogP contribution is 2.58. The van der Waals surface area contributed by atoms with Gasteiger partial charge in [-0.2, -0.15) is 0 Å². The summed E-state index contributed by atoms with van der Waals surface area (Å²) in [6, 6.07) is 1.84. The number of halogens is 5. The van der Waals surface area contributed by atoms with Crippen LogP contribution < -0.4 is 5.73 Å². The lowest BCUT2D eigenvalue weighted by atomic mass is 10.0. The summed E-state index contributed by atoms with van der Waals surface area (Å²) < 4.78 is 52.5. The molecule has 15 heavy (non-hydrogen) atoms. The Morgan fingerprint density at radius 3 is 1.93 bits per heavy atom. The normalized spacial score (nSPS) is 27.9. The number of hydrogen-bond acceptors (Lipinski definition) is 1. The van der Waals surface area contributed by atoms with Gasteiger partial charge in [0.2, 0.25) is 0 Å². The first-order valence-electron chi connectivity index (χ1n) is 4.10. The quantitative estimate of drug-likeness (QED) is 0.788. The third-order valence-corrected chi connectivity index (χ3v) is 2.94. The van der Waals surface area contributed by atoms with E-state index in [1.165, 1.54) is 0 Å². The van der Waals surface area contributed by atoms with Gasteiger partial charge in [0.15, 0.2) is 0 Å². The molecule has 1 nitrogen and oxygen atoms in total. The van der Waals surface area contributed by atoms with E-state index in [-0.39, 0.29) is 4.47 Å². The first-order chi connectivity index (χ1) is 6.78. The Hall–Kier alpha value is -0.620. The second-order valence-corrected chi connectivity index (χ2v) is 4.51. The van der Waals surface area contributed by atoms with Crippen molar-refractivity contribution in [1.29, 1.82) is 0 Å². The number of nitrogens with two attached hydrogens (primary N) is 1. The van der Waals surface area contributed by atoms with Gasteiger partial charge in [0.25, 0.3) is 5.92 Å². The van der Waals surface area contributed by atoms with Crippen molar-refractivity contribution in [1.82, 2.24) is 0 Å². The molecule has 0 spiro atoms. The van der Waals surface area contributed by atoms with E-state index in [0.717, 1.165) is 12.1 Å². The minimum Gasteiger partial charge on any atom is -0.316 e. The van der Waals surface area contributed by atoms with Gasteiger partial charge in [-0.15, -0.1) is 0 Å². The molecule has 2 N–H and O–H groups in total. The standard InChI is InChI=1S/C9H6BrF4N/c10-4-1-5(11)7(6(12)2-4)8(15)3-9(8,13)14/h1-2H,3,15H2. The van der Waals surface area contributed by atoms with Crippen LogP contribution in [0.2, 0.25) is 0 Å². The van der Waals surface area contributed by atoms with Crippen LogP contribution in [0.3, 0.4) is 0 Å². The SMILES string of the molecule is NC1(c2c(F)cc(Br)cc2F)CC1(F)F. The molecule has 82 valence electrons. The topological polar surface area (TPSA) is 26.0 Å². The molecule has 0 amide bonds. The third kappa shape index (κ3) is 1.47. The average Bonchev–Trinajstić information content (AvgIpc) is 2.47. The fraction of sp³-hybridized carbons (Fsp3) is 0.333. The highest BCUT2D eigenvalue weighted by molar-refractivity contribution is 9.10. The van der Waals surface area contributed by atoms with E-state index >= 15 is 0 Å². The van der Waals surface area contributed by atoms with Crippen molar-refractivity contribution in [3.63, 3.8) is 0 Å². The molecule has 1 aliphatic carbocycles. The summed E-state index contributed by atoms with van der Waals surface area (Å²) in [6.45, 7) is 0. The molecule has 2 rings (SSSR count). The van der Waals surface area contributed by atoms with E-state index in [2.05, 4.69) is 15.9 Å². The highest BCUT2D eigenvalue weighted by atomic mass is 79.9. The molecule has 1 saturated carbocycles. The Bertz CT molecular complexity index is 411. The number of benzene rings is 1. The van der Waals surface area contributed by atoms with Gasteiger partial charge < -0.3 is 5.73 Å². The molecule has 0 aliphatic heterocycles. The van der Waals surface area contributed by atoms with Gasteiger partial charge in [0, 0.05) is 16.5 Å². The smallest absolute Gasteiger partial charge is 0.272 e. The molecule has 0 heterocycles. The molecule has 0 radical (unpaired) electrons. The zero-order chi connectivity index (χ0) is 11.4. The van der Waals surface area contributed by atoms with Gasteiger partial charge in [0.05, 0.1) is 0 Å². The molecule has 0 bridgehead atoms. The zero-order valence-electron chi connectivity index (χ0n) is 7.33. The minimum absolute atomic E-state index is 0.147. The van der Waals surface area contributed by atoms with Gasteiger partial charge in [-0.1, -0.05) is 15.9 Å². The van der Waals surface area contributed by atoms with E-state index in [1.807, 2.05) is 0 Å². The summed E-state index contributed by atoms with van der Waals surface area (Å²) in [5.41, 5.74) is 2.32. The van der Waals surface area contributed by atoms with Gasteiger partial charge in [0.1, 0.15) is 17.2 Å². The monoisotopic (exact) mass is 283 g/mol. The molecule has 0 saturated heterocycles. The second kappa shape index (κ2) is 2.95. The van der Waals surface area contributed by atoms with Crippen LogP contribution in [0.25, 0.3) is 0 Å². The van der Waals surface area contributed by atoms with Gasteiger partial charge in [-0.3, -0.25) is 0 Å². The lowest BCUT2D eigenvalue weighted by Gasteiger charge is -2.13. The predicted molar refractivity (Wildman–Crippen MR) is 49.5 cm³/mol. The van der Waals surface area contributed by atoms with Gasteiger partial charge in [-0.05, 0) is 12.1 Å². The number of alkyl halides is 2. The van der Waals surface area contributed by atoms with E-state index in [9.17, 15) is 17.6 Å². The van der Waals surface area contributed by atoms with E-state index in [1.54, 1.807) is 0 Å². The Balaban J connectivity index is 2.56. The number of hydrogen-bond donors (Lipinski definition) is 1. The van der Waals surface area contributed by atoms with Crippen LogP contribution in [-0.4, -0.2) is 5.92 Å². The van der Waals surface area contributed by atoms with Gasteiger partial charge >= 0.3 is 0 Å². The van der Waals surface area contributed by atoms with Crippen molar-refractivity contribution in [3.05, 3.63) is 33.8 Å². The summed E-state index contributed by atoms with van der Waals surface area (Å²) >= 11 is 2.85. The maximum absolute atomic E-state index is 13.3. The Morgan fingerprint density at radius 1 is 1.20 bits per heavy atom. The van der Waals surface area contributed by atoms with E-state index in [4.69, 9.17) is 5.73 Å². The zero-order valence-corrected chi connectivity index (χ0v) is 8.91. The molecular formula is C9H6BrF4N. The first kappa shape index (κ1) is 10.9. The maximum atomic E-state index is 13.3. The minimum atomic E-state index is -3.23. The van der Waals surface area contributed by atoms with Crippen LogP contribution in [0.15, 0.2) is 16.6 Å². The van der Waals surface area contributed by atoms with E-state index in [0.29, 0.717) is 0 Å². The Kier molecular flexibility index (Phi) is 2.14. The molecule has 1 aromatic rings. The van der Waals surface area contributed by atoms with Crippen LogP contribution in [-0.2, 0) is 5.54 Å². The molecular weight excluding hydrogens is 278 g/mol. The Morgan fingerprint density at radius 2 is 1.60 bits per heavy atom. The van der Waals surface area contributed by atoms with Crippen LogP contribution >= 0.6 is 15.9 Å². The average molecular weight is 284 g/mol. The van der Waals surface area contributed by atoms with Crippen molar-refractivity contribution in [2.24, 2.45) is 5.73 Å². The van der Waals surface area contributed by atoms with Crippen molar-refractivity contribution in [3.8, 4) is 0 Å². The summed E-state index contributed by atoms with van der Waals surface area (Å²) in [4.78, 5) is 0. The molecule has 1 unspecified atom stereocenters. The second-order valence-electron chi connectivity index (χ2n) is 3.60. The van der Waals surface area contributed by atoms with Gasteiger partial charge in [-0.25, -0.2) is 17.6 Å². The summed E-state index contributed by atoms with van der Waals surface area (Å²) in [5.74, 6) is -5.34. The Labute approximate surface area is 91.4 Å². The fourth-order valence-corrected chi connectivity index (χ4v) is 1.95. The molecule has 1 atom stereocenters. The first-order valence-corrected chi connectivity index (χ1v) is 4.89. The third-order valence-electron chi connectivity index (χ3n) is 2.48. The summed E-state index contributed by atoms with van der Waals surface area (Å²) in [7, 11) is 0. The summed E-state index contributed by atoms with van der Waals surface area (Å²) in [6.07, 6.45) is -0.727. The van der Waals surface area contributed by atoms with Crippen molar-refractivity contribution < 1.29 is 17.6 Å². The van der Waals surface area contributed by atoms with Crippen LogP contribution in [0, 0.1) is 11.6 Å². The van der Waals surface area contributed by atoms with Crippen molar-refractivity contribution in [2.75, 3.05) is 0 Å². The molecule has 1 aromatic carbocycles. The van der Waals surface area contributed by atoms with Crippen molar-refractivity contribution >= 4 is 15.9 Å². The molecule has 1 fully saturated rings. The van der Waals surface area contributed by atoms with Crippen molar-refractivity contribution in [2.45, 2.75) is 17.9 Å². The lowest BCUT2D eigenvalue weighted by Crippen LogP contribution is -2.29.